The molecule has 0 fully saturated rings. The molecule has 1 rings (SSSR count). The van der Waals surface area contributed by atoms with Gasteiger partial charge in [-0.3, -0.25) is 9.59 Å². The van der Waals surface area contributed by atoms with E-state index in [0.717, 1.165) is 0 Å². The molecule has 0 heterocycles. The molecule has 0 spiro atoms. The van der Waals surface area contributed by atoms with Crippen LogP contribution in [-0.4, -0.2) is 28.9 Å². The van der Waals surface area contributed by atoms with Gasteiger partial charge in [0.05, 0.1) is 0 Å². The third-order valence-corrected chi connectivity index (χ3v) is 2.37. The Morgan fingerprint density at radius 3 is 2.05 bits per heavy atom. The first-order chi connectivity index (χ1) is 9.61. The standard InChI is InChI=1S/C13H10F3NO4/c1-7(18)8-2-4-9(5-3-8)17-11(19)6-10(12(20)21)13(14,15)16/h2-6H,1H3,(H,17,19)(H,20,21)/b10-6+. The molecule has 0 aliphatic heterocycles. The Hall–Kier alpha value is -2.64. The Bertz CT molecular complexity index is 603. The summed E-state index contributed by atoms with van der Waals surface area (Å²) in [6.45, 7) is 1.33. The van der Waals surface area contributed by atoms with Crippen molar-refractivity contribution in [2.45, 2.75) is 13.1 Å². The molecule has 112 valence electrons. The Labute approximate surface area is 117 Å². The minimum absolute atomic E-state index is 0.0405. The summed E-state index contributed by atoms with van der Waals surface area (Å²) < 4.78 is 37.0. The van der Waals surface area contributed by atoms with Gasteiger partial charge in [-0.1, -0.05) is 0 Å². The Morgan fingerprint density at radius 1 is 1.14 bits per heavy atom. The number of ketones is 1. The Kier molecular flexibility index (Phi) is 4.85. The van der Waals surface area contributed by atoms with E-state index in [1.807, 2.05) is 0 Å². The predicted octanol–water partition coefficient (Wildman–Crippen LogP) is 2.40. The number of alkyl halides is 3. The largest absolute Gasteiger partial charge is 0.478 e. The number of nitrogens with one attached hydrogen (secondary N) is 1. The molecule has 0 radical (unpaired) electrons. The molecule has 1 aromatic carbocycles. The van der Waals surface area contributed by atoms with Crippen molar-refractivity contribution in [1.82, 2.24) is 0 Å². The molecule has 1 amide bonds. The number of hydrogen-bond acceptors (Lipinski definition) is 3. The van der Waals surface area contributed by atoms with Gasteiger partial charge in [0.15, 0.2) is 5.78 Å². The number of rotatable bonds is 4. The number of halogens is 3. The highest BCUT2D eigenvalue weighted by atomic mass is 19.4. The fourth-order valence-electron chi connectivity index (χ4n) is 1.36. The minimum Gasteiger partial charge on any atom is -0.478 e. The van der Waals surface area contributed by atoms with Gasteiger partial charge in [-0.2, -0.15) is 13.2 Å². The third-order valence-electron chi connectivity index (χ3n) is 2.37. The van der Waals surface area contributed by atoms with Crippen LogP contribution in [0.3, 0.4) is 0 Å². The van der Waals surface area contributed by atoms with Gasteiger partial charge < -0.3 is 10.4 Å². The van der Waals surface area contributed by atoms with Gasteiger partial charge in [0.25, 0.3) is 0 Å². The maximum absolute atomic E-state index is 12.3. The van der Waals surface area contributed by atoms with Crippen LogP contribution in [0.15, 0.2) is 35.9 Å². The first kappa shape index (κ1) is 16.4. The number of aliphatic carboxylic acids is 1. The lowest BCUT2D eigenvalue weighted by Crippen LogP contribution is -2.22. The summed E-state index contributed by atoms with van der Waals surface area (Å²) in [6, 6.07) is 5.39. The van der Waals surface area contributed by atoms with Gasteiger partial charge in [0.1, 0.15) is 5.57 Å². The van der Waals surface area contributed by atoms with Crippen LogP contribution in [0.25, 0.3) is 0 Å². The normalized spacial score (nSPS) is 11.9. The second-order valence-electron chi connectivity index (χ2n) is 3.98. The highest BCUT2D eigenvalue weighted by Crippen LogP contribution is 2.25. The van der Waals surface area contributed by atoms with Crippen LogP contribution in [0.1, 0.15) is 17.3 Å². The quantitative estimate of drug-likeness (QED) is 0.660. The van der Waals surface area contributed by atoms with E-state index in [0.29, 0.717) is 5.56 Å². The first-order valence-electron chi connectivity index (χ1n) is 5.55. The number of anilines is 1. The number of carboxylic acids is 1. The fraction of sp³-hybridized carbons (Fsp3) is 0.154. The fourth-order valence-corrected chi connectivity index (χ4v) is 1.36. The molecule has 0 unspecified atom stereocenters. The zero-order chi connectivity index (χ0) is 16.2. The van der Waals surface area contributed by atoms with Crippen molar-refractivity contribution in [3.8, 4) is 0 Å². The van der Waals surface area contributed by atoms with Crippen molar-refractivity contribution in [2.75, 3.05) is 5.32 Å². The highest BCUT2D eigenvalue weighted by molar-refractivity contribution is 6.05. The lowest BCUT2D eigenvalue weighted by molar-refractivity contribution is -0.145. The molecule has 0 aliphatic carbocycles. The zero-order valence-electron chi connectivity index (χ0n) is 10.7. The average Bonchev–Trinajstić information content (AvgIpc) is 2.35. The number of hydrogen-bond donors (Lipinski definition) is 2. The SMILES string of the molecule is CC(=O)c1ccc(NC(=O)/C=C(\C(=O)O)C(F)(F)F)cc1. The van der Waals surface area contributed by atoms with Crippen molar-refractivity contribution < 1.29 is 32.7 Å². The summed E-state index contributed by atoms with van der Waals surface area (Å²) in [5.74, 6) is -3.69. The van der Waals surface area contributed by atoms with Gasteiger partial charge in [0.2, 0.25) is 5.91 Å². The van der Waals surface area contributed by atoms with Gasteiger partial charge >= 0.3 is 12.1 Å². The van der Waals surface area contributed by atoms with E-state index < -0.39 is 23.6 Å². The van der Waals surface area contributed by atoms with E-state index in [-0.39, 0.29) is 17.5 Å². The van der Waals surface area contributed by atoms with E-state index in [4.69, 9.17) is 5.11 Å². The second kappa shape index (κ2) is 6.21. The van der Waals surface area contributed by atoms with Crippen molar-refractivity contribution >= 4 is 23.3 Å². The molecule has 0 saturated carbocycles. The first-order valence-corrected chi connectivity index (χ1v) is 5.55. The molecule has 8 heteroatoms. The summed E-state index contributed by atoms with van der Waals surface area (Å²) in [5, 5.41) is 10.5. The van der Waals surface area contributed by atoms with Crippen LogP contribution in [0, 0.1) is 0 Å². The summed E-state index contributed by atoms with van der Waals surface area (Å²) >= 11 is 0. The molecular weight excluding hydrogens is 291 g/mol. The topological polar surface area (TPSA) is 83.5 Å². The summed E-state index contributed by atoms with van der Waals surface area (Å²) in [7, 11) is 0. The van der Waals surface area contributed by atoms with Gasteiger partial charge in [-0.05, 0) is 31.2 Å². The number of carboxylic acid groups (broad SMARTS) is 1. The summed E-state index contributed by atoms with van der Waals surface area (Å²) in [4.78, 5) is 32.8. The van der Waals surface area contributed by atoms with Crippen LogP contribution < -0.4 is 5.32 Å². The van der Waals surface area contributed by atoms with Crippen LogP contribution in [0.5, 0.6) is 0 Å². The third kappa shape index (κ3) is 4.75. The predicted molar refractivity (Wildman–Crippen MR) is 66.9 cm³/mol. The smallest absolute Gasteiger partial charge is 0.423 e. The molecule has 0 aliphatic rings. The maximum Gasteiger partial charge on any atom is 0.423 e. The Balaban J connectivity index is 2.90. The molecule has 0 aromatic heterocycles. The zero-order valence-corrected chi connectivity index (χ0v) is 10.7. The number of carbonyl (C=O) groups is 3. The minimum atomic E-state index is -5.14. The maximum atomic E-state index is 12.3. The monoisotopic (exact) mass is 301 g/mol. The molecule has 2 N–H and O–H groups in total. The molecule has 0 saturated heterocycles. The van der Waals surface area contributed by atoms with Crippen molar-refractivity contribution in [3.05, 3.63) is 41.5 Å². The highest BCUT2D eigenvalue weighted by Gasteiger charge is 2.39. The van der Waals surface area contributed by atoms with Crippen LogP contribution >= 0.6 is 0 Å². The Morgan fingerprint density at radius 2 is 1.67 bits per heavy atom. The van der Waals surface area contributed by atoms with Gasteiger partial charge in [-0.25, -0.2) is 4.79 Å². The lowest BCUT2D eigenvalue weighted by atomic mass is 10.1. The molecular formula is C13H10F3NO4. The summed E-state index contributed by atoms with van der Waals surface area (Å²) in [6.07, 6.45) is -5.18. The van der Waals surface area contributed by atoms with E-state index in [2.05, 4.69) is 5.32 Å². The molecule has 21 heavy (non-hydrogen) atoms. The van der Waals surface area contributed by atoms with Crippen molar-refractivity contribution in [2.24, 2.45) is 0 Å². The van der Waals surface area contributed by atoms with E-state index in [9.17, 15) is 27.6 Å². The number of amides is 1. The number of Topliss-reactive ketones (excluding diaryl/α,β-unsaturated/α-hetero) is 1. The van der Waals surface area contributed by atoms with E-state index in [1.54, 1.807) is 0 Å². The van der Waals surface area contributed by atoms with Gasteiger partial charge in [-0.15, -0.1) is 0 Å². The van der Waals surface area contributed by atoms with Crippen LogP contribution in [0.4, 0.5) is 18.9 Å². The van der Waals surface area contributed by atoms with Crippen molar-refractivity contribution in [1.29, 1.82) is 0 Å². The number of benzene rings is 1. The van der Waals surface area contributed by atoms with Gasteiger partial charge in [0, 0.05) is 17.3 Å². The van der Waals surface area contributed by atoms with E-state index in [1.165, 1.54) is 31.2 Å². The molecule has 0 bridgehead atoms. The number of carbonyl (C=O) groups excluding carboxylic acids is 2. The lowest BCUT2D eigenvalue weighted by Gasteiger charge is -2.07. The molecule has 1 aromatic rings. The second-order valence-corrected chi connectivity index (χ2v) is 3.98. The van der Waals surface area contributed by atoms with E-state index >= 15 is 0 Å². The van der Waals surface area contributed by atoms with Crippen LogP contribution in [0.2, 0.25) is 0 Å². The molecule has 5 nitrogen and oxygen atoms in total. The molecule has 0 atom stereocenters. The summed E-state index contributed by atoms with van der Waals surface area (Å²) in [5.41, 5.74) is -1.47. The average molecular weight is 301 g/mol. The van der Waals surface area contributed by atoms with Crippen molar-refractivity contribution in [3.63, 3.8) is 0 Å². The van der Waals surface area contributed by atoms with Crippen LogP contribution in [-0.2, 0) is 9.59 Å².